The van der Waals surface area contributed by atoms with Crippen LogP contribution in [0.2, 0.25) is 0 Å². The molecular formula is C16H23Br2F2O3P. The second-order valence-electron chi connectivity index (χ2n) is 7.66. The molecule has 1 aromatic rings. The first-order valence-corrected chi connectivity index (χ1v) is 10.5. The molecule has 0 aliphatic carbocycles. The molecule has 0 saturated heterocycles. The van der Waals surface area contributed by atoms with Gasteiger partial charge in [-0.3, -0.25) is 4.57 Å². The van der Waals surface area contributed by atoms with Crippen molar-refractivity contribution in [2.75, 3.05) is 0 Å². The van der Waals surface area contributed by atoms with E-state index in [1.54, 1.807) is 0 Å². The average Bonchev–Trinajstić information content (AvgIpc) is 2.32. The van der Waals surface area contributed by atoms with Crippen molar-refractivity contribution in [1.82, 2.24) is 0 Å². The van der Waals surface area contributed by atoms with Crippen molar-refractivity contribution < 1.29 is 22.8 Å². The molecular weight excluding hydrogens is 469 g/mol. The number of hydrogen-bond acceptors (Lipinski definition) is 2. The van der Waals surface area contributed by atoms with Gasteiger partial charge >= 0.3 is 14.4 Å². The van der Waals surface area contributed by atoms with E-state index in [2.05, 4.69) is 36.4 Å². The zero-order valence-electron chi connectivity index (χ0n) is 14.6. The minimum atomic E-state index is -3.87. The fraction of sp³-hybridized carbons (Fsp3) is 0.625. The normalized spacial score (nSPS) is 14.8. The maximum Gasteiger partial charge on any atom is 0.390 e. The Morgan fingerprint density at radius 1 is 1.12 bits per heavy atom. The largest absolute Gasteiger partial charge is 0.390 e. The SMILES string of the molecule is CC(C)(C)c1cc(C(F)(F)O[PH](=O)O)c(Br)c(C(C)(C)C)c1CBr. The van der Waals surface area contributed by atoms with Gasteiger partial charge in [0.1, 0.15) is 0 Å². The minimum Gasteiger partial charge on any atom is -0.326 e. The lowest BCUT2D eigenvalue weighted by atomic mass is 9.75. The summed E-state index contributed by atoms with van der Waals surface area (Å²) in [5.74, 6) is 0. The van der Waals surface area contributed by atoms with E-state index < -0.39 is 25.3 Å². The summed E-state index contributed by atoms with van der Waals surface area (Å²) in [7, 11) is -3.80. The average molecular weight is 492 g/mol. The van der Waals surface area contributed by atoms with Gasteiger partial charge in [-0.15, -0.1) is 0 Å². The van der Waals surface area contributed by atoms with Crippen LogP contribution in [0.4, 0.5) is 8.78 Å². The first-order chi connectivity index (χ1) is 10.6. The lowest BCUT2D eigenvalue weighted by Gasteiger charge is -2.33. The second-order valence-corrected chi connectivity index (χ2v) is 9.75. The summed E-state index contributed by atoms with van der Waals surface area (Å²) in [6, 6.07) is 1.36. The highest BCUT2D eigenvalue weighted by Crippen LogP contribution is 2.48. The molecule has 0 bridgehead atoms. The van der Waals surface area contributed by atoms with Crippen LogP contribution >= 0.6 is 40.1 Å². The highest BCUT2D eigenvalue weighted by atomic mass is 79.9. The fourth-order valence-electron chi connectivity index (χ4n) is 2.66. The second kappa shape index (κ2) is 7.43. The number of alkyl halides is 3. The summed E-state index contributed by atoms with van der Waals surface area (Å²) < 4.78 is 44.0. The third-order valence-electron chi connectivity index (χ3n) is 3.59. The minimum absolute atomic E-state index is 0.200. The van der Waals surface area contributed by atoms with Gasteiger partial charge in [0.05, 0.1) is 5.56 Å². The topological polar surface area (TPSA) is 46.5 Å². The van der Waals surface area contributed by atoms with E-state index in [0.717, 1.165) is 16.7 Å². The summed E-state index contributed by atoms with van der Waals surface area (Å²) >= 11 is 6.75. The lowest BCUT2D eigenvalue weighted by Crippen LogP contribution is -2.25. The molecule has 0 amide bonds. The Labute approximate surface area is 159 Å². The van der Waals surface area contributed by atoms with E-state index in [9.17, 15) is 13.3 Å². The van der Waals surface area contributed by atoms with E-state index in [-0.39, 0.29) is 9.89 Å². The molecule has 0 spiro atoms. The van der Waals surface area contributed by atoms with E-state index in [1.165, 1.54) is 6.07 Å². The molecule has 0 aliphatic heterocycles. The summed E-state index contributed by atoms with van der Waals surface area (Å²) in [4.78, 5) is 8.82. The molecule has 1 atom stereocenters. The van der Waals surface area contributed by atoms with Gasteiger partial charge in [-0.1, -0.05) is 57.5 Å². The van der Waals surface area contributed by atoms with Gasteiger partial charge < -0.3 is 4.89 Å². The molecule has 1 rings (SSSR count). The fourth-order valence-corrected chi connectivity index (χ4v) is 4.75. The zero-order chi connectivity index (χ0) is 19.1. The molecule has 8 heteroatoms. The molecule has 24 heavy (non-hydrogen) atoms. The summed E-state index contributed by atoms with van der Waals surface area (Å²) in [6.07, 6.45) is -3.87. The molecule has 0 aliphatic rings. The van der Waals surface area contributed by atoms with Crippen LogP contribution in [0.15, 0.2) is 10.5 Å². The molecule has 1 unspecified atom stereocenters. The highest BCUT2D eigenvalue weighted by Gasteiger charge is 2.41. The summed E-state index contributed by atoms with van der Waals surface area (Å²) in [5.41, 5.74) is 1.15. The summed E-state index contributed by atoms with van der Waals surface area (Å²) in [5, 5.41) is 0.508. The first-order valence-electron chi connectivity index (χ1n) is 7.35. The van der Waals surface area contributed by atoms with Gasteiger partial charge in [0.25, 0.3) is 0 Å². The van der Waals surface area contributed by atoms with Crippen LogP contribution in [0.5, 0.6) is 0 Å². The van der Waals surface area contributed by atoms with Gasteiger partial charge in [-0.25, -0.2) is 4.52 Å². The van der Waals surface area contributed by atoms with E-state index in [0.29, 0.717) is 5.33 Å². The third-order valence-corrected chi connectivity index (χ3v) is 5.41. The van der Waals surface area contributed by atoms with E-state index >= 15 is 0 Å². The molecule has 0 heterocycles. The van der Waals surface area contributed by atoms with Crippen molar-refractivity contribution in [1.29, 1.82) is 0 Å². The number of benzene rings is 1. The Kier molecular flexibility index (Phi) is 6.89. The van der Waals surface area contributed by atoms with Gasteiger partial charge in [-0.2, -0.15) is 8.78 Å². The Balaban J connectivity index is 3.91. The molecule has 0 radical (unpaired) electrons. The van der Waals surface area contributed by atoms with Crippen molar-refractivity contribution in [3.8, 4) is 0 Å². The number of halogens is 4. The molecule has 1 N–H and O–H groups in total. The van der Waals surface area contributed by atoms with Crippen LogP contribution in [0.1, 0.15) is 63.8 Å². The molecule has 138 valence electrons. The Morgan fingerprint density at radius 3 is 1.96 bits per heavy atom. The molecule has 0 aromatic heterocycles. The predicted octanol–water partition coefficient (Wildman–Crippen LogP) is 6.39. The number of rotatable bonds is 4. The van der Waals surface area contributed by atoms with Crippen LogP contribution in [0.3, 0.4) is 0 Å². The van der Waals surface area contributed by atoms with Crippen molar-refractivity contribution in [2.24, 2.45) is 0 Å². The lowest BCUT2D eigenvalue weighted by molar-refractivity contribution is -0.186. The number of hydrogen-bond donors (Lipinski definition) is 1. The van der Waals surface area contributed by atoms with Crippen molar-refractivity contribution in [2.45, 2.75) is 63.8 Å². The molecule has 0 saturated carbocycles. The van der Waals surface area contributed by atoms with Gasteiger partial charge in [0, 0.05) is 9.80 Å². The van der Waals surface area contributed by atoms with Gasteiger partial charge in [0.15, 0.2) is 0 Å². The zero-order valence-corrected chi connectivity index (χ0v) is 18.7. The van der Waals surface area contributed by atoms with Crippen molar-refractivity contribution >= 4 is 40.1 Å². The maximum atomic E-state index is 14.4. The van der Waals surface area contributed by atoms with Gasteiger partial charge in [0.2, 0.25) is 0 Å². The quantitative estimate of drug-likeness (QED) is 0.392. The van der Waals surface area contributed by atoms with Crippen LogP contribution < -0.4 is 0 Å². The highest BCUT2D eigenvalue weighted by molar-refractivity contribution is 9.10. The van der Waals surface area contributed by atoms with Crippen LogP contribution in [-0.2, 0) is 31.4 Å². The molecule has 0 fully saturated rings. The van der Waals surface area contributed by atoms with Gasteiger partial charge in [-0.05, 0) is 49.5 Å². The Bertz CT molecular complexity index is 650. The van der Waals surface area contributed by atoms with Crippen molar-refractivity contribution in [3.63, 3.8) is 0 Å². The first kappa shape index (κ1) is 22.2. The van der Waals surface area contributed by atoms with Crippen molar-refractivity contribution in [3.05, 3.63) is 32.8 Å². The monoisotopic (exact) mass is 490 g/mol. The summed E-state index contributed by atoms with van der Waals surface area (Å²) in [6.45, 7) is 11.6. The Morgan fingerprint density at radius 2 is 1.62 bits per heavy atom. The Hall–Kier alpha value is 0.190. The van der Waals surface area contributed by atoms with E-state index in [1.807, 2.05) is 41.5 Å². The molecule has 1 aromatic carbocycles. The maximum absolute atomic E-state index is 14.4. The van der Waals surface area contributed by atoms with Crippen LogP contribution in [-0.4, -0.2) is 4.89 Å². The molecule has 3 nitrogen and oxygen atoms in total. The van der Waals surface area contributed by atoms with Crippen LogP contribution in [0, 0.1) is 0 Å². The third kappa shape index (κ3) is 4.88. The van der Waals surface area contributed by atoms with E-state index in [4.69, 9.17) is 4.89 Å². The van der Waals surface area contributed by atoms with Crippen LogP contribution in [0.25, 0.3) is 0 Å². The predicted molar refractivity (Wildman–Crippen MR) is 100 cm³/mol. The smallest absolute Gasteiger partial charge is 0.326 e. The standard InChI is InChI=1S/C16H23Br2F2O3P/c1-14(2,3)10-7-11(16(19,20)23-24(21)22)13(18)12(9(10)8-17)15(4,5)6/h7,24H,8H2,1-6H3,(H,21,22).